The summed E-state index contributed by atoms with van der Waals surface area (Å²) in [5, 5.41) is 3.16. The second-order valence-electron chi connectivity index (χ2n) is 4.27. The maximum absolute atomic E-state index is 13.4. The van der Waals surface area contributed by atoms with Crippen LogP contribution in [0.3, 0.4) is 0 Å². The van der Waals surface area contributed by atoms with Gasteiger partial charge in [-0.05, 0) is 36.2 Å². The highest BCUT2D eigenvalue weighted by atomic mass is 19.1. The summed E-state index contributed by atoms with van der Waals surface area (Å²) in [6.07, 6.45) is 0. The van der Waals surface area contributed by atoms with E-state index in [-0.39, 0.29) is 11.6 Å². The third-order valence-corrected chi connectivity index (χ3v) is 2.89. The molecule has 0 saturated heterocycles. The fourth-order valence-corrected chi connectivity index (χ4v) is 1.83. The molecule has 0 aliphatic rings. The van der Waals surface area contributed by atoms with E-state index in [1.807, 2.05) is 13.0 Å². The van der Waals surface area contributed by atoms with Gasteiger partial charge in [0.15, 0.2) is 0 Å². The molecule has 0 saturated carbocycles. The Labute approximate surface area is 105 Å². The number of benzene rings is 2. The molecule has 0 radical (unpaired) electrons. The van der Waals surface area contributed by atoms with E-state index in [4.69, 9.17) is 0 Å². The second-order valence-corrected chi connectivity index (χ2v) is 4.27. The van der Waals surface area contributed by atoms with Gasteiger partial charge in [0, 0.05) is 18.7 Å². The lowest BCUT2D eigenvalue weighted by molar-refractivity contribution is 0.586. The van der Waals surface area contributed by atoms with Gasteiger partial charge in [-0.2, -0.15) is 0 Å². The Balaban J connectivity index is 1.95. The van der Waals surface area contributed by atoms with Gasteiger partial charge in [-0.25, -0.2) is 8.78 Å². The molecule has 0 atom stereocenters. The molecule has 0 unspecified atom stereocenters. The molecule has 0 aliphatic carbocycles. The number of halogens is 2. The van der Waals surface area contributed by atoms with Crippen molar-refractivity contribution in [2.24, 2.45) is 0 Å². The number of nitrogens with one attached hydrogen (secondary N) is 1. The molecule has 0 bridgehead atoms. The van der Waals surface area contributed by atoms with Gasteiger partial charge in [0.25, 0.3) is 0 Å². The molecule has 2 aromatic rings. The van der Waals surface area contributed by atoms with E-state index in [2.05, 4.69) is 5.32 Å². The first kappa shape index (κ1) is 12.7. The van der Waals surface area contributed by atoms with Crippen molar-refractivity contribution in [2.45, 2.75) is 20.0 Å². The predicted octanol–water partition coefficient (Wildman–Crippen LogP) is 3.56. The first-order chi connectivity index (χ1) is 8.66. The summed E-state index contributed by atoms with van der Waals surface area (Å²) in [7, 11) is 0. The summed E-state index contributed by atoms with van der Waals surface area (Å²) in [5.41, 5.74) is 2.56. The van der Waals surface area contributed by atoms with Crippen LogP contribution in [-0.2, 0) is 13.1 Å². The SMILES string of the molecule is Cc1cc(F)ccc1CNCc1ccccc1F. The van der Waals surface area contributed by atoms with Crippen LogP contribution < -0.4 is 5.32 Å². The highest BCUT2D eigenvalue weighted by molar-refractivity contribution is 5.26. The molecule has 0 aromatic heterocycles. The van der Waals surface area contributed by atoms with Crippen LogP contribution in [0.2, 0.25) is 0 Å². The third-order valence-electron chi connectivity index (χ3n) is 2.89. The van der Waals surface area contributed by atoms with E-state index in [0.717, 1.165) is 11.1 Å². The Morgan fingerprint density at radius 3 is 2.39 bits per heavy atom. The summed E-state index contributed by atoms with van der Waals surface area (Å²) in [6.45, 7) is 2.92. The number of hydrogen-bond donors (Lipinski definition) is 1. The van der Waals surface area contributed by atoms with Crippen LogP contribution in [0.5, 0.6) is 0 Å². The summed E-state index contributed by atoms with van der Waals surface area (Å²) >= 11 is 0. The molecular formula is C15H15F2N. The molecule has 3 heteroatoms. The van der Waals surface area contributed by atoms with Crippen LogP contribution in [0.25, 0.3) is 0 Å². The Hall–Kier alpha value is -1.74. The maximum atomic E-state index is 13.4. The maximum Gasteiger partial charge on any atom is 0.127 e. The molecule has 1 nitrogen and oxygen atoms in total. The molecule has 18 heavy (non-hydrogen) atoms. The number of aryl methyl sites for hydroxylation is 1. The molecular weight excluding hydrogens is 232 g/mol. The highest BCUT2D eigenvalue weighted by Crippen LogP contribution is 2.11. The first-order valence-corrected chi connectivity index (χ1v) is 5.86. The predicted molar refractivity (Wildman–Crippen MR) is 68.1 cm³/mol. The van der Waals surface area contributed by atoms with Gasteiger partial charge in [-0.15, -0.1) is 0 Å². The average Bonchev–Trinajstić information content (AvgIpc) is 2.34. The molecule has 0 spiro atoms. The smallest absolute Gasteiger partial charge is 0.127 e. The molecule has 0 amide bonds. The van der Waals surface area contributed by atoms with Crippen molar-refractivity contribution >= 4 is 0 Å². The Kier molecular flexibility index (Phi) is 4.05. The van der Waals surface area contributed by atoms with Gasteiger partial charge in [-0.1, -0.05) is 24.3 Å². The molecule has 2 rings (SSSR count). The lowest BCUT2D eigenvalue weighted by atomic mass is 10.1. The van der Waals surface area contributed by atoms with E-state index >= 15 is 0 Å². The zero-order valence-corrected chi connectivity index (χ0v) is 10.2. The lowest BCUT2D eigenvalue weighted by Gasteiger charge is -2.08. The fraction of sp³-hybridized carbons (Fsp3) is 0.200. The van der Waals surface area contributed by atoms with E-state index in [9.17, 15) is 8.78 Å². The Morgan fingerprint density at radius 2 is 1.67 bits per heavy atom. The van der Waals surface area contributed by atoms with Gasteiger partial charge in [-0.3, -0.25) is 0 Å². The van der Waals surface area contributed by atoms with Crippen LogP contribution >= 0.6 is 0 Å². The van der Waals surface area contributed by atoms with Crippen LogP contribution in [0.15, 0.2) is 42.5 Å². The van der Waals surface area contributed by atoms with Gasteiger partial charge in [0.1, 0.15) is 11.6 Å². The minimum Gasteiger partial charge on any atom is -0.309 e. The van der Waals surface area contributed by atoms with Gasteiger partial charge < -0.3 is 5.32 Å². The summed E-state index contributed by atoms with van der Waals surface area (Å²) in [6, 6.07) is 11.4. The second kappa shape index (κ2) is 5.74. The average molecular weight is 247 g/mol. The standard InChI is InChI=1S/C15H15F2N/c1-11-8-14(16)7-6-12(11)9-18-10-13-4-2-3-5-15(13)17/h2-8,18H,9-10H2,1H3. The minimum absolute atomic E-state index is 0.208. The summed E-state index contributed by atoms with van der Waals surface area (Å²) in [4.78, 5) is 0. The molecule has 0 heterocycles. The van der Waals surface area contributed by atoms with Crippen molar-refractivity contribution in [3.8, 4) is 0 Å². The number of hydrogen-bond acceptors (Lipinski definition) is 1. The van der Waals surface area contributed by atoms with E-state index in [1.165, 1.54) is 18.2 Å². The van der Waals surface area contributed by atoms with Gasteiger partial charge in [0.05, 0.1) is 0 Å². The Morgan fingerprint density at radius 1 is 0.944 bits per heavy atom. The van der Waals surface area contributed by atoms with Crippen LogP contribution in [-0.4, -0.2) is 0 Å². The highest BCUT2D eigenvalue weighted by Gasteiger charge is 2.02. The zero-order chi connectivity index (χ0) is 13.0. The zero-order valence-electron chi connectivity index (χ0n) is 10.2. The normalized spacial score (nSPS) is 10.6. The summed E-state index contributed by atoms with van der Waals surface area (Å²) in [5.74, 6) is -0.439. The van der Waals surface area contributed by atoms with Crippen molar-refractivity contribution in [2.75, 3.05) is 0 Å². The molecule has 94 valence electrons. The van der Waals surface area contributed by atoms with E-state index < -0.39 is 0 Å². The number of rotatable bonds is 4. The fourth-order valence-electron chi connectivity index (χ4n) is 1.83. The largest absolute Gasteiger partial charge is 0.309 e. The molecule has 0 aliphatic heterocycles. The van der Waals surface area contributed by atoms with Gasteiger partial charge >= 0.3 is 0 Å². The van der Waals surface area contributed by atoms with Crippen molar-refractivity contribution < 1.29 is 8.78 Å². The Bertz CT molecular complexity index is 538. The van der Waals surface area contributed by atoms with Crippen molar-refractivity contribution in [1.82, 2.24) is 5.32 Å². The summed E-state index contributed by atoms with van der Waals surface area (Å²) < 4.78 is 26.3. The monoisotopic (exact) mass is 247 g/mol. The quantitative estimate of drug-likeness (QED) is 0.871. The van der Waals surface area contributed by atoms with Crippen molar-refractivity contribution in [3.05, 3.63) is 70.8 Å². The van der Waals surface area contributed by atoms with Gasteiger partial charge in [0.2, 0.25) is 0 Å². The van der Waals surface area contributed by atoms with E-state index in [0.29, 0.717) is 18.7 Å². The first-order valence-electron chi connectivity index (χ1n) is 5.86. The third kappa shape index (κ3) is 3.14. The van der Waals surface area contributed by atoms with Crippen LogP contribution in [0, 0.1) is 18.6 Å². The van der Waals surface area contributed by atoms with Crippen molar-refractivity contribution in [3.63, 3.8) is 0 Å². The topological polar surface area (TPSA) is 12.0 Å². The lowest BCUT2D eigenvalue weighted by Crippen LogP contribution is -2.14. The molecule has 0 fully saturated rings. The van der Waals surface area contributed by atoms with Crippen molar-refractivity contribution in [1.29, 1.82) is 0 Å². The van der Waals surface area contributed by atoms with Crippen LogP contribution in [0.1, 0.15) is 16.7 Å². The minimum atomic E-state index is -0.231. The molecule has 2 aromatic carbocycles. The molecule has 1 N–H and O–H groups in total. The van der Waals surface area contributed by atoms with E-state index in [1.54, 1.807) is 18.2 Å². The van der Waals surface area contributed by atoms with Crippen LogP contribution in [0.4, 0.5) is 8.78 Å².